The fraction of sp³-hybridized carbons (Fsp3) is 0.529. The van der Waals surface area contributed by atoms with E-state index >= 15 is 0 Å². The van der Waals surface area contributed by atoms with Gasteiger partial charge in [-0.15, -0.1) is 0 Å². The first-order valence-electron chi connectivity index (χ1n) is 8.40. The van der Waals surface area contributed by atoms with Crippen molar-refractivity contribution in [3.8, 4) is 0 Å². The fourth-order valence-corrected chi connectivity index (χ4v) is 2.40. The number of pyridine rings is 1. The van der Waals surface area contributed by atoms with Gasteiger partial charge in [0.15, 0.2) is 0 Å². The summed E-state index contributed by atoms with van der Waals surface area (Å²) in [5, 5.41) is 3.06. The number of fused-ring (bicyclic) bond motifs is 1. The Kier molecular flexibility index (Phi) is 6.46. The summed E-state index contributed by atoms with van der Waals surface area (Å²) in [4.78, 5) is 40.4. The highest BCUT2D eigenvalue weighted by atomic mass is 16.5. The third-order valence-electron chi connectivity index (χ3n) is 3.93. The van der Waals surface area contributed by atoms with Gasteiger partial charge in [-0.1, -0.05) is 13.3 Å². The van der Waals surface area contributed by atoms with Crippen LogP contribution in [0.5, 0.6) is 0 Å². The number of nitrogens with zero attached hydrogens (tertiary/aromatic N) is 3. The number of carbonyl (C=O) groups excluding carboxylic acids is 1. The Morgan fingerprint density at radius 2 is 1.88 bits per heavy atom. The van der Waals surface area contributed by atoms with Crippen LogP contribution in [0.2, 0.25) is 0 Å². The zero-order chi connectivity index (χ0) is 18.4. The maximum atomic E-state index is 12.2. The van der Waals surface area contributed by atoms with E-state index in [1.54, 1.807) is 0 Å². The van der Waals surface area contributed by atoms with Crippen LogP contribution in [0.15, 0.2) is 21.7 Å². The Labute approximate surface area is 145 Å². The molecular formula is C17H24N4O4. The molecule has 8 nitrogen and oxygen atoms in total. The summed E-state index contributed by atoms with van der Waals surface area (Å²) in [5.41, 5.74) is -0.542. The van der Waals surface area contributed by atoms with Crippen molar-refractivity contribution in [1.29, 1.82) is 0 Å². The molecule has 2 aromatic heterocycles. The first kappa shape index (κ1) is 18.9. The lowest BCUT2D eigenvalue weighted by Gasteiger charge is -2.09. The molecule has 0 aliphatic rings. The first-order valence-corrected chi connectivity index (χ1v) is 8.40. The predicted octanol–water partition coefficient (Wildman–Crippen LogP) is 0.569. The lowest BCUT2D eigenvalue weighted by molar-refractivity contribution is 0.0936. The molecule has 2 aromatic rings. The zero-order valence-electron chi connectivity index (χ0n) is 14.9. The van der Waals surface area contributed by atoms with Gasteiger partial charge in [0, 0.05) is 33.9 Å². The summed E-state index contributed by atoms with van der Waals surface area (Å²) in [6, 6.07) is 3.01. The number of hydrogen-bond donors (Lipinski definition) is 1. The van der Waals surface area contributed by atoms with Crippen LogP contribution in [-0.2, 0) is 18.8 Å². The van der Waals surface area contributed by atoms with E-state index in [-0.39, 0.29) is 17.2 Å². The molecule has 0 spiro atoms. The number of aromatic nitrogens is 3. The molecule has 25 heavy (non-hydrogen) atoms. The number of aryl methyl sites for hydroxylation is 1. The van der Waals surface area contributed by atoms with Crippen molar-refractivity contribution in [3.63, 3.8) is 0 Å². The summed E-state index contributed by atoms with van der Waals surface area (Å²) in [6.07, 6.45) is 2.84. The van der Waals surface area contributed by atoms with Crippen LogP contribution in [-0.4, -0.2) is 39.8 Å². The SMILES string of the molecule is CCCCOCCCNC(=O)c1ccc2c(=O)n(C)c(=O)n(C)c2n1. The number of ether oxygens (including phenoxy) is 1. The molecule has 0 saturated carbocycles. The van der Waals surface area contributed by atoms with Gasteiger partial charge in [-0.05, 0) is 25.0 Å². The van der Waals surface area contributed by atoms with Crippen LogP contribution < -0.4 is 16.6 Å². The van der Waals surface area contributed by atoms with E-state index < -0.39 is 11.2 Å². The maximum absolute atomic E-state index is 12.2. The van der Waals surface area contributed by atoms with Crippen molar-refractivity contribution in [1.82, 2.24) is 19.4 Å². The third-order valence-corrected chi connectivity index (χ3v) is 3.93. The second-order valence-electron chi connectivity index (χ2n) is 5.85. The Morgan fingerprint density at radius 3 is 2.60 bits per heavy atom. The quantitative estimate of drug-likeness (QED) is 0.704. The molecule has 1 amide bonds. The third kappa shape index (κ3) is 4.33. The van der Waals surface area contributed by atoms with Crippen molar-refractivity contribution in [3.05, 3.63) is 38.7 Å². The predicted molar refractivity (Wildman–Crippen MR) is 94.9 cm³/mol. The van der Waals surface area contributed by atoms with Gasteiger partial charge in [0.1, 0.15) is 11.3 Å². The fourth-order valence-electron chi connectivity index (χ4n) is 2.40. The molecule has 136 valence electrons. The van der Waals surface area contributed by atoms with Gasteiger partial charge in [-0.3, -0.25) is 18.7 Å². The second-order valence-corrected chi connectivity index (χ2v) is 5.85. The molecule has 0 fully saturated rings. The molecule has 0 saturated heterocycles. The van der Waals surface area contributed by atoms with E-state index in [2.05, 4.69) is 17.2 Å². The van der Waals surface area contributed by atoms with Crippen LogP contribution in [0.4, 0.5) is 0 Å². The molecule has 0 bridgehead atoms. The second kappa shape index (κ2) is 8.57. The van der Waals surface area contributed by atoms with Gasteiger partial charge in [0.2, 0.25) is 0 Å². The number of nitrogens with one attached hydrogen (secondary N) is 1. The van der Waals surface area contributed by atoms with Gasteiger partial charge < -0.3 is 10.1 Å². The zero-order valence-corrected chi connectivity index (χ0v) is 14.9. The van der Waals surface area contributed by atoms with E-state index in [9.17, 15) is 14.4 Å². The summed E-state index contributed by atoms with van der Waals surface area (Å²) >= 11 is 0. The van der Waals surface area contributed by atoms with Gasteiger partial charge >= 0.3 is 5.69 Å². The molecule has 8 heteroatoms. The number of unbranched alkanes of at least 4 members (excludes halogenated alkanes) is 1. The molecule has 0 aromatic carbocycles. The highest BCUT2D eigenvalue weighted by Crippen LogP contribution is 2.06. The molecule has 0 unspecified atom stereocenters. The van der Waals surface area contributed by atoms with Crippen molar-refractivity contribution < 1.29 is 9.53 Å². The molecular weight excluding hydrogens is 324 g/mol. The Bertz CT molecular complexity index is 869. The van der Waals surface area contributed by atoms with Crippen LogP contribution in [0, 0.1) is 0 Å². The summed E-state index contributed by atoms with van der Waals surface area (Å²) in [5.74, 6) is -0.344. The average molecular weight is 348 g/mol. The molecule has 2 rings (SSSR count). The number of hydrogen-bond acceptors (Lipinski definition) is 5. The minimum atomic E-state index is -0.480. The highest BCUT2D eigenvalue weighted by Gasteiger charge is 2.13. The smallest absolute Gasteiger partial charge is 0.332 e. The molecule has 1 N–H and O–H groups in total. The molecule has 0 radical (unpaired) electrons. The number of rotatable bonds is 8. The van der Waals surface area contributed by atoms with Crippen molar-refractivity contribution in [2.75, 3.05) is 19.8 Å². The Hall–Kier alpha value is -2.48. The first-order chi connectivity index (χ1) is 12.0. The number of amides is 1. The maximum Gasteiger partial charge on any atom is 0.332 e. The molecule has 0 atom stereocenters. The summed E-state index contributed by atoms with van der Waals surface area (Å²) in [6.45, 7) is 3.90. The van der Waals surface area contributed by atoms with E-state index in [1.165, 1.54) is 30.8 Å². The molecule has 0 aliphatic carbocycles. The van der Waals surface area contributed by atoms with Crippen LogP contribution in [0.25, 0.3) is 11.0 Å². The van der Waals surface area contributed by atoms with Crippen LogP contribution in [0.1, 0.15) is 36.7 Å². The van der Waals surface area contributed by atoms with E-state index in [0.29, 0.717) is 25.0 Å². The minimum Gasteiger partial charge on any atom is -0.381 e. The van der Waals surface area contributed by atoms with Crippen LogP contribution in [0.3, 0.4) is 0 Å². The van der Waals surface area contributed by atoms with Crippen LogP contribution >= 0.6 is 0 Å². The van der Waals surface area contributed by atoms with E-state index in [4.69, 9.17) is 4.74 Å². The van der Waals surface area contributed by atoms with Crippen molar-refractivity contribution >= 4 is 16.9 Å². The van der Waals surface area contributed by atoms with E-state index in [0.717, 1.165) is 24.0 Å². The highest BCUT2D eigenvalue weighted by molar-refractivity contribution is 5.94. The lowest BCUT2D eigenvalue weighted by atomic mass is 10.2. The van der Waals surface area contributed by atoms with Gasteiger partial charge in [-0.2, -0.15) is 0 Å². The van der Waals surface area contributed by atoms with Gasteiger partial charge in [0.05, 0.1) is 5.39 Å². The largest absolute Gasteiger partial charge is 0.381 e. The number of carbonyl (C=O) groups is 1. The van der Waals surface area contributed by atoms with Crippen molar-refractivity contribution in [2.24, 2.45) is 14.1 Å². The van der Waals surface area contributed by atoms with Crippen molar-refractivity contribution in [2.45, 2.75) is 26.2 Å². The van der Waals surface area contributed by atoms with Gasteiger partial charge in [0.25, 0.3) is 11.5 Å². The monoisotopic (exact) mass is 348 g/mol. The minimum absolute atomic E-state index is 0.169. The summed E-state index contributed by atoms with van der Waals surface area (Å²) < 4.78 is 7.71. The summed E-state index contributed by atoms with van der Waals surface area (Å²) in [7, 11) is 2.93. The standard InChI is InChI=1S/C17H24N4O4/c1-4-5-10-25-11-6-9-18-15(22)13-8-7-12-14(19-13)20(2)17(24)21(3)16(12)23/h7-8H,4-6,9-11H2,1-3H3,(H,18,22). The van der Waals surface area contributed by atoms with E-state index in [1.807, 2.05) is 0 Å². The molecule has 0 aliphatic heterocycles. The topological polar surface area (TPSA) is 95.2 Å². The normalized spacial score (nSPS) is 11.0. The Morgan fingerprint density at radius 1 is 1.16 bits per heavy atom. The average Bonchev–Trinajstić information content (AvgIpc) is 2.63. The van der Waals surface area contributed by atoms with Gasteiger partial charge in [-0.25, -0.2) is 9.78 Å². The Balaban J connectivity index is 2.05. The molecule has 2 heterocycles. The lowest BCUT2D eigenvalue weighted by Crippen LogP contribution is -2.37.